The number of hydrogen-bond acceptors (Lipinski definition) is 2. The number of benzene rings is 2. The van der Waals surface area contributed by atoms with Gasteiger partial charge in [0.25, 0.3) is 0 Å². The molecule has 2 aromatic carbocycles. The van der Waals surface area contributed by atoms with Gasteiger partial charge in [0.15, 0.2) is 0 Å². The van der Waals surface area contributed by atoms with E-state index in [9.17, 15) is 5.11 Å². The van der Waals surface area contributed by atoms with E-state index in [-0.39, 0.29) is 0 Å². The molecule has 20 heavy (non-hydrogen) atoms. The lowest BCUT2D eigenvalue weighted by Crippen LogP contribution is -1.92. The summed E-state index contributed by atoms with van der Waals surface area (Å²) >= 11 is 3.48. The molecule has 0 aliphatic rings. The van der Waals surface area contributed by atoms with Crippen LogP contribution in [-0.2, 0) is 6.42 Å². The normalized spacial score (nSPS) is 12.2. The number of hydrogen-bond donors (Lipinski definition) is 1. The molecule has 0 fully saturated rings. The summed E-state index contributed by atoms with van der Waals surface area (Å²) in [5, 5.41) is 9.55. The zero-order valence-corrected chi connectivity index (χ0v) is 13.4. The van der Waals surface area contributed by atoms with E-state index >= 15 is 0 Å². The van der Waals surface area contributed by atoms with E-state index in [4.69, 9.17) is 4.74 Å². The predicted octanol–water partition coefficient (Wildman–Crippen LogP) is 5.25. The molecule has 0 spiro atoms. The fraction of sp³-hybridized carbons (Fsp3) is 0.294. The van der Waals surface area contributed by atoms with Gasteiger partial charge in [-0.2, -0.15) is 0 Å². The molecule has 0 saturated carbocycles. The van der Waals surface area contributed by atoms with Crippen LogP contribution in [0.3, 0.4) is 0 Å². The van der Waals surface area contributed by atoms with Gasteiger partial charge in [0, 0.05) is 0 Å². The zero-order valence-electron chi connectivity index (χ0n) is 11.8. The topological polar surface area (TPSA) is 29.5 Å². The highest BCUT2D eigenvalue weighted by Gasteiger charge is 2.07. The Bertz CT molecular complexity index is 562. The summed E-state index contributed by atoms with van der Waals surface area (Å²) < 4.78 is 6.69. The lowest BCUT2D eigenvalue weighted by atomic mass is 10.1. The Hall–Kier alpha value is -1.32. The van der Waals surface area contributed by atoms with Crippen LogP contribution in [0.4, 0.5) is 0 Å². The largest absolute Gasteiger partial charge is 0.456 e. The van der Waals surface area contributed by atoms with Crippen molar-refractivity contribution >= 4 is 15.9 Å². The average Bonchev–Trinajstić information content (AvgIpc) is 2.43. The number of aliphatic hydroxyl groups excluding tert-OH is 1. The standard InChI is InChI=1S/C17H19BrO2/c1-3-4-13-5-8-15(9-6-13)20-17-10-7-14(12(2)19)11-16(17)18/h5-12,19H,3-4H2,1-2H3. The van der Waals surface area contributed by atoms with Gasteiger partial charge < -0.3 is 9.84 Å². The van der Waals surface area contributed by atoms with Crippen molar-refractivity contribution in [2.75, 3.05) is 0 Å². The van der Waals surface area contributed by atoms with Gasteiger partial charge in [-0.05, 0) is 64.7 Å². The monoisotopic (exact) mass is 334 g/mol. The molecule has 0 saturated heterocycles. The van der Waals surface area contributed by atoms with Crippen LogP contribution in [0.25, 0.3) is 0 Å². The molecule has 0 amide bonds. The molecule has 0 aliphatic carbocycles. The predicted molar refractivity (Wildman–Crippen MR) is 85.3 cm³/mol. The van der Waals surface area contributed by atoms with Gasteiger partial charge in [-0.3, -0.25) is 0 Å². The lowest BCUT2D eigenvalue weighted by molar-refractivity contribution is 0.199. The first kappa shape index (κ1) is 15.1. The number of aryl methyl sites for hydroxylation is 1. The maximum atomic E-state index is 9.55. The maximum Gasteiger partial charge on any atom is 0.141 e. The van der Waals surface area contributed by atoms with E-state index < -0.39 is 6.10 Å². The van der Waals surface area contributed by atoms with Crippen molar-refractivity contribution in [1.29, 1.82) is 0 Å². The third kappa shape index (κ3) is 3.84. The minimum Gasteiger partial charge on any atom is -0.456 e. The van der Waals surface area contributed by atoms with E-state index in [0.29, 0.717) is 0 Å². The van der Waals surface area contributed by atoms with Crippen molar-refractivity contribution in [2.45, 2.75) is 32.8 Å². The van der Waals surface area contributed by atoms with Gasteiger partial charge in [-0.1, -0.05) is 31.5 Å². The Labute approximate surface area is 128 Å². The van der Waals surface area contributed by atoms with Gasteiger partial charge in [0.05, 0.1) is 10.6 Å². The molecule has 0 heterocycles. The van der Waals surface area contributed by atoms with Crippen molar-refractivity contribution in [3.63, 3.8) is 0 Å². The van der Waals surface area contributed by atoms with Crippen molar-refractivity contribution in [3.05, 3.63) is 58.1 Å². The van der Waals surface area contributed by atoms with Crippen molar-refractivity contribution < 1.29 is 9.84 Å². The van der Waals surface area contributed by atoms with E-state index in [1.54, 1.807) is 6.92 Å². The van der Waals surface area contributed by atoms with Gasteiger partial charge >= 0.3 is 0 Å². The van der Waals surface area contributed by atoms with Crippen LogP contribution >= 0.6 is 15.9 Å². The summed E-state index contributed by atoms with van der Waals surface area (Å²) in [5.74, 6) is 1.56. The first-order valence-corrected chi connectivity index (χ1v) is 7.63. The number of rotatable bonds is 5. The Kier molecular flexibility index (Phi) is 5.21. The molecule has 3 heteroatoms. The van der Waals surface area contributed by atoms with Gasteiger partial charge in [0.1, 0.15) is 11.5 Å². The summed E-state index contributed by atoms with van der Waals surface area (Å²) in [4.78, 5) is 0. The van der Waals surface area contributed by atoms with Crippen LogP contribution in [-0.4, -0.2) is 5.11 Å². The van der Waals surface area contributed by atoms with Crippen LogP contribution in [0.1, 0.15) is 37.5 Å². The summed E-state index contributed by atoms with van der Waals surface area (Å²) in [6, 6.07) is 13.8. The van der Waals surface area contributed by atoms with Crippen LogP contribution in [0.2, 0.25) is 0 Å². The highest BCUT2D eigenvalue weighted by molar-refractivity contribution is 9.10. The molecule has 2 aromatic rings. The van der Waals surface area contributed by atoms with Gasteiger partial charge in [-0.15, -0.1) is 0 Å². The van der Waals surface area contributed by atoms with Crippen LogP contribution in [0, 0.1) is 0 Å². The highest BCUT2D eigenvalue weighted by Crippen LogP contribution is 2.32. The first-order chi connectivity index (χ1) is 9.60. The molecule has 0 aliphatic heterocycles. The first-order valence-electron chi connectivity index (χ1n) is 6.84. The Balaban J connectivity index is 2.13. The number of aliphatic hydroxyl groups is 1. The molecule has 0 bridgehead atoms. The summed E-state index contributed by atoms with van der Waals surface area (Å²) in [6.07, 6.45) is 1.76. The van der Waals surface area contributed by atoms with Crippen LogP contribution in [0.5, 0.6) is 11.5 Å². The molecule has 0 radical (unpaired) electrons. The van der Waals surface area contributed by atoms with E-state index in [1.807, 2.05) is 30.3 Å². The smallest absolute Gasteiger partial charge is 0.141 e. The van der Waals surface area contributed by atoms with Crippen molar-refractivity contribution in [1.82, 2.24) is 0 Å². The molecule has 1 atom stereocenters. The van der Waals surface area contributed by atoms with E-state index in [2.05, 4.69) is 35.0 Å². The maximum absolute atomic E-state index is 9.55. The third-order valence-corrected chi connectivity index (χ3v) is 3.75. The van der Waals surface area contributed by atoms with E-state index in [0.717, 1.165) is 34.4 Å². The molecular formula is C17H19BrO2. The highest BCUT2D eigenvalue weighted by atomic mass is 79.9. The summed E-state index contributed by atoms with van der Waals surface area (Å²) in [7, 11) is 0. The van der Waals surface area contributed by atoms with E-state index in [1.165, 1.54) is 5.56 Å². The molecule has 106 valence electrons. The molecule has 2 nitrogen and oxygen atoms in total. The molecule has 1 N–H and O–H groups in total. The van der Waals surface area contributed by atoms with Crippen molar-refractivity contribution in [3.8, 4) is 11.5 Å². The molecular weight excluding hydrogens is 316 g/mol. The Morgan fingerprint density at radius 1 is 1.15 bits per heavy atom. The second kappa shape index (κ2) is 6.91. The Morgan fingerprint density at radius 3 is 2.40 bits per heavy atom. The molecule has 0 aromatic heterocycles. The van der Waals surface area contributed by atoms with Crippen LogP contribution in [0.15, 0.2) is 46.9 Å². The summed E-state index contributed by atoms with van der Waals surface area (Å²) in [6.45, 7) is 3.92. The molecule has 1 unspecified atom stereocenters. The molecule has 2 rings (SSSR count). The SMILES string of the molecule is CCCc1ccc(Oc2ccc(C(C)O)cc2Br)cc1. The lowest BCUT2D eigenvalue weighted by Gasteiger charge is -2.11. The minimum absolute atomic E-state index is 0.478. The fourth-order valence-corrected chi connectivity index (χ4v) is 2.48. The summed E-state index contributed by atoms with van der Waals surface area (Å²) in [5.41, 5.74) is 2.19. The minimum atomic E-state index is -0.478. The number of ether oxygens (including phenoxy) is 1. The third-order valence-electron chi connectivity index (χ3n) is 3.13. The second-order valence-electron chi connectivity index (χ2n) is 4.86. The van der Waals surface area contributed by atoms with Crippen LogP contribution < -0.4 is 4.74 Å². The number of halogens is 1. The van der Waals surface area contributed by atoms with Crippen molar-refractivity contribution in [2.24, 2.45) is 0 Å². The average molecular weight is 335 g/mol. The Morgan fingerprint density at radius 2 is 1.85 bits per heavy atom. The zero-order chi connectivity index (χ0) is 14.5. The fourth-order valence-electron chi connectivity index (χ4n) is 2.00. The second-order valence-corrected chi connectivity index (χ2v) is 5.72. The van der Waals surface area contributed by atoms with Gasteiger partial charge in [-0.25, -0.2) is 0 Å². The van der Waals surface area contributed by atoms with Gasteiger partial charge in [0.2, 0.25) is 0 Å². The quantitative estimate of drug-likeness (QED) is 0.809.